The molecule has 0 radical (unpaired) electrons. The molecule has 0 unspecified atom stereocenters. The minimum absolute atomic E-state index is 0.234. The van der Waals surface area contributed by atoms with E-state index < -0.39 is 17.4 Å². The molecule has 0 rings (SSSR count). The first-order valence-corrected chi connectivity index (χ1v) is 4.26. The van der Waals surface area contributed by atoms with Gasteiger partial charge in [-0.3, -0.25) is 0 Å². The number of ether oxygens (including phenoxy) is 2. The maximum Gasteiger partial charge on any atom is 0.334 e. The van der Waals surface area contributed by atoms with E-state index in [9.17, 15) is 13.6 Å². The van der Waals surface area contributed by atoms with E-state index in [1.807, 2.05) is 0 Å². The monoisotopic (exact) mass is 258 g/mol. The fourth-order valence-electron chi connectivity index (χ4n) is 0.437. The minimum atomic E-state index is -3.08. The van der Waals surface area contributed by atoms with E-state index in [4.69, 9.17) is 0 Å². The van der Waals surface area contributed by atoms with Crippen LogP contribution < -0.4 is 0 Å². The highest BCUT2D eigenvalue weighted by molar-refractivity contribution is 9.10. The second-order valence-corrected chi connectivity index (χ2v) is 3.14. The Labute approximate surface area is 82.8 Å². The molecule has 6 heteroatoms. The van der Waals surface area contributed by atoms with Crippen LogP contribution in [0.3, 0.4) is 0 Å². The Morgan fingerprint density at radius 3 is 2.69 bits per heavy atom. The third-order valence-electron chi connectivity index (χ3n) is 0.834. The molecule has 0 heterocycles. The third-order valence-corrected chi connectivity index (χ3v) is 1.06. The van der Waals surface area contributed by atoms with Crippen molar-refractivity contribution in [1.29, 1.82) is 0 Å². The number of alkyl halides is 3. The van der Waals surface area contributed by atoms with Gasteiger partial charge in [-0.2, -0.15) is 8.78 Å². The van der Waals surface area contributed by atoms with Crippen molar-refractivity contribution in [2.24, 2.45) is 0 Å². The summed E-state index contributed by atoms with van der Waals surface area (Å²) in [5.41, 5.74) is 0. The number of rotatable bonds is 5. The van der Waals surface area contributed by atoms with Crippen LogP contribution in [0.5, 0.6) is 0 Å². The molecular weight excluding hydrogens is 250 g/mol. The van der Waals surface area contributed by atoms with Gasteiger partial charge >= 0.3 is 10.8 Å². The van der Waals surface area contributed by atoms with E-state index in [0.717, 1.165) is 12.3 Å². The van der Waals surface area contributed by atoms with Crippen molar-refractivity contribution in [2.75, 3.05) is 13.2 Å². The Hall–Kier alpha value is -0.650. The second-order valence-electron chi connectivity index (χ2n) is 1.98. The quantitative estimate of drug-likeness (QED) is 0.328. The summed E-state index contributed by atoms with van der Waals surface area (Å²) in [7, 11) is 0. The van der Waals surface area contributed by atoms with E-state index in [0.29, 0.717) is 0 Å². The highest BCUT2D eigenvalue weighted by Gasteiger charge is 2.23. The van der Waals surface area contributed by atoms with E-state index >= 15 is 0 Å². The summed E-state index contributed by atoms with van der Waals surface area (Å²) < 4.78 is 32.9. The Kier molecular flexibility index (Phi) is 5.61. The zero-order valence-electron chi connectivity index (χ0n) is 6.93. The molecule has 0 aromatic rings. The molecule has 0 amide bonds. The first-order valence-electron chi connectivity index (χ1n) is 3.47. The molecule has 0 fully saturated rings. The molecule has 0 aliphatic carbocycles. The Bertz CT molecular complexity index is 189. The van der Waals surface area contributed by atoms with Gasteiger partial charge in [0.1, 0.15) is 0 Å². The summed E-state index contributed by atoms with van der Waals surface area (Å²) in [6, 6.07) is 0. The topological polar surface area (TPSA) is 35.5 Å². The molecule has 76 valence electrons. The van der Waals surface area contributed by atoms with Gasteiger partial charge in [-0.05, 0) is 22.9 Å². The van der Waals surface area contributed by atoms with Gasteiger partial charge in [-0.1, -0.05) is 0 Å². The maximum absolute atomic E-state index is 12.0. The fraction of sp³-hybridized carbons (Fsp3) is 0.571. The minimum Gasteiger partial charge on any atom is -0.494 e. The van der Waals surface area contributed by atoms with Crippen LogP contribution >= 0.6 is 15.9 Å². The number of esters is 1. The van der Waals surface area contributed by atoms with Crippen LogP contribution in [0, 0.1) is 0 Å². The molecule has 0 saturated heterocycles. The first kappa shape index (κ1) is 12.3. The highest BCUT2D eigenvalue weighted by atomic mass is 79.9. The van der Waals surface area contributed by atoms with E-state index in [2.05, 4.69) is 25.4 Å². The summed E-state index contributed by atoms with van der Waals surface area (Å²) in [4.78, 5) is 7.50. The molecule has 0 aromatic carbocycles. The molecule has 0 spiro atoms. The smallest absolute Gasteiger partial charge is 0.334 e. The van der Waals surface area contributed by atoms with Crippen LogP contribution in [0.15, 0.2) is 12.3 Å². The predicted molar refractivity (Wildman–Crippen MR) is 45.6 cm³/mol. The molecule has 0 saturated carbocycles. The van der Waals surface area contributed by atoms with Crippen LogP contribution in [-0.2, 0) is 14.3 Å². The molecule has 0 aliphatic heterocycles. The number of carbonyl (C=O) groups is 1. The van der Waals surface area contributed by atoms with Crippen molar-refractivity contribution in [3.63, 3.8) is 0 Å². The van der Waals surface area contributed by atoms with Gasteiger partial charge in [0.25, 0.3) is 0 Å². The lowest BCUT2D eigenvalue weighted by atomic mass is 10.6. The summed E-state index contributed by atoms with van der Waals surface area (Å²) in [5.74, 6) is -0.625. The average Bonchev–Trinajstić information content (AvgIpc) is 1.97. The van der Waals surface area contributed by atoms with Crippen LogP contribution in [-0.4, -0.2) is 24.0 Å². The van der Waals surface area contributed by atoms with Gasteiger partial charge in [0, 0.05) is 0 Å². The Morgan fingerprint density at radius 2 is 2.23 bits per heavy atom. The van der Waals surface area contributed by atoms with Gasteiger partial charge in [0.15, 0.2) is 6.61 Å². The van der Waals surface area contributed by atoms with Gasteiger partial charge in [-0.15, -0.1) is 0 Å². The number of hydrogen-bond acceptors (Lipinski definition) is 3. The van der Waals surface area contributed by atoms with Gasteiger partial charge in [0.2, 0.25) is 0 Å². The van der Waals surface area contributed by atoms with Crippen molar-refractivity contribution >= 4 is 21.9 Å². The Morgan fingerprint density at radius 1 is 1.62 bits per heavy atom. The van der Waals surface area contributed by atoms with Crippen LogP contribution in [0.2, 0.25) is 0 Å². The van der Waals surface area contributed by atoms with Crippen LogP contribution in [0.1, 0.15) is 6.92 Å². The first-order chi connectivity index (χ1) is 5.95. The van der Waals surface area contributed by atoms with Crippen LogP contribution in [0.4, 0.5) is 8.78 Å². The van der Waals surface area contributed by atoms with Crippen molar-refractivity contribution in [3.8, 4) is 0 Å². The maximum atomic E-state index is 12.0. The Balaban J connectivity index is 3.58. The molecule has 0 atom stereocenters. The molecule has 0 aliphatic rings. The lowest BCUT2D eigenvalue weighted by Crippen LogP contribution is -2.12. The molecular formula is C7H9BrF2O3. The summed E-state index contributed by atoms with van der Waals surface area (Å²) >= 11 is 2.07. The normalized spacial score (nSPS) is 11.7. The van der Waals surface area contributed by atoms with E-state index in [1.165, 1.54) is 0 Å². The molecule has 0 N–H and O–H groups in total. The van der Waals surface area contributed by atoms with Crippen molar-refractivity contribution < 1.29 is 23.0 Å². The van der Waals surface area contributed by atoms with Crippen molar-refractivity contribution in [3.05, 3.63) is 12.3 Å². The van der Waals surface area contributed by atoms with E-state index in [1.54, 1.807) is 6.92 Å². The lowest BCUT2D eigenvalue weighted by molar-refractivity contribution is -0.137. The SMILES string of the molecule is CCOC(=O)C=COCC(F)(F)Br. The molecule has 13 heavy (non-hydrogen) atoms. The van der Waals surface area contributed by atoms with Gasteiger partial charge < -0.3 is 9.47 Å². The zero-order chi connectivity index (χ0) is 10.3. The van der Waals surface area contributed by atoms with E-state index in [-0.39, 0.29) is 6.61 Å². The third kappa shape index (κ3) is 9.26. The zero-order valence-corrected chi connectivity index (χ0v) is 8.51. The second kappa shape index (κ2) is 5.90. The summed E-state index contributed by atoms with van der Waals surface area (Å²) in [6.45, 7) is 1.04. The van der Waals surface area contributed by atoms with Crippen LogP contribution in [0.25, 0.3) is 0 Å². The van der Waals surface area contributed by atoms with Crippen molar-refractivity contribution in [2.45, 2.75) is 11.8 Å². The average molecular weight is 259 g/mol. The van der Waals surface area contributed by atoms with Gasteiger partial charge in [0.05, 0.1) is 18.9 Å². The lowest BCUT2D eigenvalue weighted by Gasteiger charge is -2.06. The molecule has 3 nitrogen and oxygen atoms in total. The predicted octanol–water partition coefficient (Wildman–Crippen LogP) is 2.07. The number of halogens is 3. The van der Waals surface area contributed by atoms with Crippen molar-refractivity contribution in [1.82, 2.24) is 0 Å². The molecule has 0 aromatic heterocycles. The summed E-state index contributed by atoms with van der Waals surface area (Å²) in [6.07, 6.45) is 1.80. The van der Waals surface area contributed by atoms with Gasteiger partial charge in [-0.25, -0.2) is 4.79 Å². The number of carbonyl (C=O) groups excluding carboxylic acids is 1. The fourth-order valence-corrected chi connectivity index (χ4v) is 0.569. The largest absolute Gasteiger partial charge is 0.494 e. The highest BCUT2D eigenvalue weighted by Crippen LogP contribution is 2.21. The summed E-state index contributed by atoms with van der Waals surface area (Å²) in [5, 5.41) is 0. The standard InChI is InChI=1S/C7H9BrF2O3/c1-2-13-6(11)3-4-12-5-7(8,9)10/h3-4H,2,5H2,1H3. The number of hydrogen-bond donors (Lipinski definition) is 0. The molecule has 0 bridgehead atoms.